The van der Waals surface area contributed by atoms with E-state index in [0.717, 1.165) is 38.8 Å². The Morgan fingerprint density at radius 3 is 2.39 bits per heavy atom. The summed E-state index contributed by atoms with van der Waals surface area (Å²) in [4.78, 5) is 31.7. The molecule has 3 rings (SSSR count). The first kappa shape index (κ1) is 25.4. The molecule has 1 aromatic rings. The molecular weight excluding hydrogens is 434 g/mol. The number of carbonyl (C=O) groups is 2. The number of nitrogens with one attached hydrogen (secondary N) is 2. The minimum Gasteiger partial charge on any atom is -0.360 e. The summed E-state index contributed by atoms with van der Waals surface area (Å²) in [5, 5.41) is 7.07. The highest BCUT2D eigenvalue weighted by Crippen LogP contribution is 2.27. The Kier molecular flexibility index (Phi) is 9.09. The van der Waals surface area contributed by atoms with Crippen molar-refractivity contribution in [3.05, 3.63) is 35.9 Å². The molecule has 2 aliphatic rings. The van der Waals surface area contributed by atoms with Gasteiger partial charge in [0.15, 0.2) is 5.11 Å². The van der Waals surface area contributed by atoms with Crippen molar-refractivity contribution in [3.8, 4) is 0 Å². The topological polar surface area (TPSA) is 67.9 Å². The molecule has 2 aliphatic heterocycles. The Hall–Kier alpha value is -2.19. The number of hydrogen-bond donors (Lipinski definition) is 2. The molecule has 2 amide bonds. The molecule has 0 spiro atoms. The second-order valence-electron chi connectivity index (χ2n) is 9.87. The number of carbonyl (C=O) groups excluding carboxylic acids is 2. The summed E-state index contributed by atoms with van der Waals surface area (Å²) in [5.74, 6) is 0.705. The second kappa shape index (κ2) is 11.8. The molecule has 182 valence electrons. The second-order valence-corrected chi connectivity index (χ2v) is 10.3. The van der Waals surface area contributed by atoms with Crippen molar-refractivity contribution in [2.75, 3.05) is 40.8 Å². The van der Waals surface area contributed by atoms with Crippen LogP contribution >= 0.6 is 12.2 Å². The molecule has 0 radical (unpaired) electrons. The monoisotopic (exact) mass is 473 g/mol. The predicted molar refractivity (Wildman–Crippen MR) is 136 cm³/mol. The molecule has 2 fully saturated rings. The molecule has 2 heterocycles. The fourth-order valence-corrected chi connectivity index (χ4v) is 5.41. The molecule has 1 aromatic carbocycles. The van der Waals surface area contributed by atoms with E-state index in [-0.39, 0.29) is 29.9 Å². The molecule has 33 heavy (non-hydrogen) atoms. The van der Waals surface area contributed by atoms with Crippen LogP contribution in [0.25, 0.3) is 0 Å². The molecule has 2 saturated heterocycles. The molecule has 7 nitrogen and oxygen atoms in total. The molecule has 0 bridgehead atoms. The van der Waals surface area contributed by atoms with Crippen LogP contribution in [0.1, 0.15) is 38.2 Å². The maximum atomic E-state index is 13.0. The number of benzene rings is 1. The van der Waals surface area contributed by atoms with Crippen LogP contribution < -0.4 is 10.6 Å². The van der Waals surface area contributed by atoms with Gasteiger partial charge in [-0.3, -0.25) is 9.59 Å². The van der Waals surface area contributed by atoms with Crippen molar-refractivity contribution < 1.29 is 9.59 Å². The van der Waals surface area contributed by atoms with E-state index in [0.29, 0.717) is 24.0 Å². The van der Waals surface area contributed by atoms with E-state index in [1.54, 1.807) is 0 Å². The van der Waals surface area contributed by atoms with Gasteiger partial charge in [0.05, 0.1) is 6.54 Å². The van der Waals surface area contributed by atoms with Gasteiger partial charge in [0, 0.05) is 44.7 Å². The molecule has 3 atom stereocenters. The zero-order chi connectivity index (χ0) is 24.0. The van der Waals surface area contributed by atoms with Gasteiger partial charge in [-0.1, -0.05) is 30.3 Å². The van der Waals surface area contributed by atoms with Crippen LogP contribution in [-0.2, 0) is 16.0 Å². The van der Waals surface area contributed by atoms with Crippen molar-refractivity contribution in [1.82, 2.24) is 25.3 Å². The van der Waals surface area contributed by atoms with Gasteiger partial charge in [-0.2, -0.15) is 0 Å². The first-order valence-corrected chi connectivity index (χ1v) is 12.4. The Bertz CT molecular complexity index is 810. The smallest absolute Gasteiger partial charge is 0.236 e. The lowest BCUT2D eigenvalue weighted by Crippen LogP contribution is -2.55. The molecule has 0 aliphatic carbocycles. The first-order valence-electron chi connectivity index (χ1n) is 12.0. The highest BCUT2D eigenvalue weighted by molar-refractivity contribution is 7.80. The summed E-state index contributed by atoms with van der Waals surface area (Å²) in [5.41, 5.74) is 1.24. The number of thiocarbonyl (C=S) groups is 1. The number of piperidine rings is 1. The summed E-state index contributed by atoms with van der Waals surface area (Å²) in [6, 6.07) is 10.9. The van der Waals surface area contributed by atoms with E-state index in [1.165, 1.54) is 5.56 Å². The lowest BCUT2D eigenvalue weighted by atomic mass is 9.84. The fraction of sp³-hybridized carbons (Fsp3) is 0.640. The van der Waals surface area contributed by atoms with E-state index in [9.17, 15) is 9.59 Å². The van der Waals surface area contributed by atoms with Gasteiger partial charge in [0.2, 0.25) is 11.8 Å². The third-order valence-electron chi connectivity index (χ3n) is 6.84. The highest BCUT2D eigenvalue weighted by atomic mass is 32.1. The quantitative estimate of drug-likeness (QED) is 0.562. The molecule has 2 N–H and O–H groups in total. The number of likely N-dealkylation sites (tertiary alicyclic amines) is 1. The normalized spacial score (nSPS) is 22.5. The van der Waals surface area contributed by atoms with Crippen molar-refractivity contribution in [3.63, 3.8) is 0 Å². The van der Waals surface area contributed by atoms with Gasteiger partial charge in [-0.05, 0) is 70.4 Å². The van der Waals surface area contributed by atoms with Crippen LogP contribution in [0, 0.1) is 5.92 Å². The summed E-state index contributed by atoms with van der Waals surface area (Å²) < 4.78 is 0. The largest absolute Gasteiger partial charge is 0.360 e. The van der Waals surface area contributed by atoms with Crippen LogP contribution in [0.5, 0.6) is 0 Å². The van der Waals surface area contributed by atoms with Gasteiger partial charge in [-0.15, -0.1) is 0 Å². The number of likely N-dealkylation sites (N-methyl/N-ethyl adjacent to an activating group) is 2. The zero-order valence-electron chi connectivity index (χ0n) is 20.4. The zero-order valence-corrected chi connectivity index (χ0v) is 21.2. The van der Waals surface area contributed by atoms with E-state index < -0.39 is 0 Å². The SMILES string of the molecule is C[C@@H]1C[C@@H](CC(=O)N2CCC(C(Cc3ccccc3)N(C)C(=O)CN(C)C)CC2)NC(=S)N1. The number of rotatable bonds is 8. The number of hydrogen-bond acceptors (Lipinski definition) is 4. The summed E-state index contributed by atoms with van der Waals surface area (Å²) in [6.07, 6.45) is 4.03. The van der Waals surface area contributed by atoms with Crippen molar-refractivity contribution in [2.45, 2.75) is 57.2 Å². The summed E-state index contributed by atoms with van der Waals surface area (Å²) in [7, 11) is 5.78. The average Bonchev–Trinajstić information content (AvgIpc) is 2.76. The number of nitrogens with zero attached hydrogens (tertiary/aromatic N) is 3. The van der Waals surface area contributed by atoms with Gasteiger partial charge < -0.3 is 25.3 Å². The van der Waals surface area contributed by atoms with Gasteiger partial charge in [-0.25, -0.2) is 0 Å². The van der Waals surface area contributed by atoms with Crippen LogP contribution in [0.2, 0.25) is 0 Å². The minimum atomic E-state index is 0.0968. The molecule has 8 heteroatoms. The Morgan fingerprint density at radius 2 is 1.79 bits per heavy atom. The number of amides is 2. The van der Waals surface area contributed by atoms with E-state index >= 15 is 0 Å². The van der Waals surface area contributed by atoms with E-state index in [4.69, 9.17) is 12.2 Å². The fourth-order valence-electron chi connectivity index (χ4n) is 5.05. The lowest BCUT2D eigenvalue weighted by Gasteiger charge is -2.41. The van der Waals surface area contributed by atoms with E-state index in [2.05, 4.69) is 41.8 Å². The molecule has 1 unspecified atom stereocenters. The van der Waals surface area contributed by atoms with Crippen molar-refractivity contribution in [1.29, 1.82) is 0 Å². The van der Waals surface area contributed by atoms with Gasteiger partial charge in [0.1, 0.15) is 0 Å². The van der Waals surface area contributed by atoms with E-state index in [1.807, 2.05) is 41.9 Å². The Morgan fingerprint density at radius 1 is 1.12 bits per heavy atom. The van der Waals surface area contributed by atoms with Crippen molar-refractivity contribution >= 4 is 29.1 Å². The Labute approximate surface area is 203 Å². The predicted octanol–water partition coefficient (Wildman–Crippen LogP) is 1.87. The third-order valence-corrected chi connectivity index (χ3v) is 7.07. The van der Waals surface area contributed by atoms with Crippen LogP contribution in [-0.4, -0.2) is 90.5 Å². The summed E-state index contributed by atoms with van der Waals surface area (Å²) in [6.45, 7) is 3.99. The third kappa shape index (κ3) is 7.40. The molecule has 0 aromatic heterocycles. The molecule has 0 saturated carbocycles. The van der Waals surface area contributed by atoms with Crippen LogP contribution in [0.3, 0.4) is 0 Å². The maximum Gasteiger partial charge on any atom is 0.236 e. The summed E-state index contributed by atoms with van der Waals surface area (Å²) >= 11 is 5.26. The van der Waals surface area contributed by atoms with Crippen LogP contribution in [0.4, 0.5) is 0 Å². The maximum absolute atomic E-state index is 13.0. The van der Waals surface area contributed by atoms with Gasteiger partial charge >= 0.3 is 0 Å². The lowest BCUT2D eigenvalue weighted by molar-refractivity contribution is -0.137. The average molecular weight is 474 g/mol. The molecular formula is C25H39N5O2S. The Balaban J connectivity index is 1.60. The van der Waals surface area contributed by atoms with Crippen LogP contribution in [0.15, 0.2) is 30.3 Å². The highest BCUT2D eigenvalue weighted by Gasteiger charge is 2.33. The minimum absolute atomic E-state index is 0.0968. The van der Waals surface area contributed by atoms with Gasteiger partial charge in [0.25, 0.3) is 0 Å². The first-order chi connectivity index (χ1) is 15.7. The standard InChI is InChI=1S/C25H39N5O2S/c1-18-14-21(27-25(33)26-18)16-23(31)30-12-10-20(11-13-30)22(15-19-8-6-5-7-9-19)29(4)24(32)17-28(2)3/h5-9,18,20-22H,10-17H2,1-4H3,(H2,26,27,33)/t18-,21+,22?/m1/s1. The van der Waals surface area contributed by atoms with Crippen molar-refractivity contribution in [2.24, 2.45) is 5.92 Å².